The van der Waals surface area contributed by atoms with Crippen molar-refractivity contribution in [3.63, 3.8) is 0 Å². The number of fused-ring (bicyclic) bond motifs is 1. The van der Waals surface area contributed by atoms with Crippen LogP contribution >= 0.6 is 11.3 Å². The van der Waals surface area contributed by atoms with Gasteiger partial charge in [0.1, 0.15) is 23.2 Å². The van der Waals surface area contributed by atoms with Crippen molar-refractivity contribution >= 4 is 46.3 Å². The van der Waals surface area contributed by atoms with Gasteiger partial charge in [-0.1, -0.05) is 30.7 Å². The molecule has 0 aliphatic carbocycles. The Morgan fingerprint density at radius 3 is 2.62 bits per heavy atom. The lowest BCUT2D eigenvalue weighted by atomic mass is 9.98. The number of phenols is 1. The maximum Gasteiger partial charge on any atom is 0.305 e. The largest absolute Gasteiger partial charge is 0.506 e. The molecule has 2 unspecified atom stereocenters. The summed E-state index contributed by atoms with van der Waals surface area (Å²) in [6.07, 6.45) is 1.65. The van der Waals surface area contributed by atoms with Crippen molar-refractivity contribution in [1.82, 2.24) is 15.6 Å². The van der Waals surface area contributed by atoms with Crippen LogP contribution in [-0.4, -0.2) is 51.9 Å². The van der Waals surface area contributed by atoms with Gasteiger partial charge in [0.25, 0.3) is 5.91 Å². The highest BCUT2D eigenvalue weighted by Gasteiger charge is 2.24. The van der Waals surface area contributed by atoms with E-state index >= 15 is 0 Å². The number of pyridine rings is 1. The van der Waals surface area contributed by atoms with E-state index in [1.165, 1.54) is 17.4 Å². The number of carboxylic acids is 1. The van der Waals surface area contributed by atoms with Gasteiger partial charge >= 0.3 is 5.97 Å². The number of thiophene rings is 1. The number of carboxylic acid groups (broad SMARTS) is 1. The third-order valence-electron chi connectivity index (χ3n) is 5.23. The molecule has 0 radical (unpaired) electrons. The van der Waals surface area contributed by atoms with E-state index in [2.05, 4.69) is 15.6 Å². The number of aromatic nitrogens is 1. The predicted octanol–water partition coefficient (Wildman–Crippen LogP) is 2.84. The van der Waals surface area contributed by atoms with Crippen molar-refractivity contribution in [2.75, 3.05) is 6.54 Å². The number of phenolic OH excluding ortho intramolecular Hbond substituents is 1. The van der Waals surface area contributed by atoms with E-state index < -0.39 is 30.3 Å². The van der Waals surface area contributed by atoms with E-state index in [-0.39, 0.29) is 17.4 Å². The van der Waals surface area contributed by atoms with Crippen LogP contribution in [0.4, 0.5) is 0 Å². The van der Waals surface area contributed by atoms with Gasteiger partial charge in [-0.2, -0.15) is 0 Å². The van der Waals surface area contributed by atoms with Crippen LogP contribution in [0.2, 0.25) is 0 Å². The van der Waals surface area contributed by atoms with E-state index in [9.17, 15) is 24.3 Å². The predicted molar refractivity (Wildman–Crippen MR) is 127 cm³/mol. The topological polar surface area (TPSA) is 146 Å². The molecule has 0 aliphatic rings. The van der Waals surface area contributed by atoms with E-state index in [1.54, 1.807) is 24.3 Å². The number of aromatic hydroxyl groups is 1. The molecule has 178 valence electrons. The number of amides is 2. The average molecular weight is 484 g/mol. The smallest absolute Gasteiger partial charge is 0.305 e. The van der Waals surface area contributed by atoms with Crippen molar-refractivity contribution in [3.8, 4) is 5.75 Å². The second-order valence-electron chi connectivity index (χ2n) is 7.71. The first-order valence-corrected chi connectivity index (χ1v) is 11.6. The van der Waals surface area contributed by atoms with Crippen molar-refractivity contribution in [3.05, 3.63) is 58.4 Å². The summed E-state index contributed by atoms with van der Waals surface area (Å²) < 4.78 is 0. The lowest BCUT2D eigenvalue weighted by molar-refractivity contribution is -0.138. The zero-order valence-electron chi connectivity index (χ0n) is 18.3. The Hall–Kier alpha value is -3.79. The molecule has 1 aromatic carbocycles. The van der Waals surface area contributed by atoms with Crippen molar-refractivity contribution in [2.24, 2.45) is 0 Å². The summed E-state index contributed by atoms with van der Waals surface area (Å²) in [5, 5.41) is 26.7. The van der Waals surface area contributed by atoms with Gasteiger partial charge in [0.2, 0.25) is 5.91 Å². The summed E-state index contributed by atoms with van der Waals surface area (Å²) in [7, 11) is 0. The van der Waals surface area contributed by atoms with Gasteiger partial charge in [-0.15, -0.1) is 11.3 Å². The van der Waals surface area contributed by atoms with Crippen LogP contribution in [0, 0.1) is 0 Å². The first kappa shape index (κ1) is 24.8. The molecule has 0 bridgehead atoms. The van der Waals surface area contributed by atoms with Gasteiger partial charge in [0.15, 0.2) is 0 Å². The number of nitrogens with one attached hydrogen (secondary N) is 2. The minimum absolute atomic E-state index is 0.00483. The highest BCUT2D eigenvalue weighted by Crippen LogP contribution is 2.27. The second-order valence-corrected chi connectivity index (χ2v) is 8.69. The van der Waals surface area contributed by atoms with Crippen LogP contribution in [0.3, 0.4) is 0 Å². The lowest BCUT2D eigenvalue weighted by Crippen LogP contribution is -2.40. The maximum absolute atomic E-state index is 12.7. The summed E-state index contributed by atoms with van der Waals surface area (Å²) in [6.45, 7) is 0.369. The van der Waals surface area contributed by atoms with E-state index in [0.29, 0.717) is 37.6 Å². The van der Waals surface area contributed by atoms with Gasteiger partial charge in [0.05, 0.1) is 18.4 Å². The molecule has 0 aliphatic heterocycles. The van der Waals surface area contributed by atoms with Gasteiger partial charge in [-0.3, -0.25) is 14.4 Å². The molecule has 2 atom stereocenters. The first-order chi connectivity index (χ1) is 16.4. The molecule has 0 fully saturated rings. The monoisotopic (exact) mass is 483 g/mol. The number of aldehydes is 1. The standard InChI is InChI=1S/C24H25N3O6S/c28-14-16(13-21(30)31)26-23(32)17(20-8-4-12-34-20)6-1-2-11-25-24(33)18-10-9-15-5-3-7-19(29)22(15)27-18/h3-5,7-10,12,14,16-17,29H,1-2,6,11,13H2,(H,25,33)(H,26,32)(H,30,31). The molecule has 34 heavy (non-hydrogen) atoms. The molecular weight excluding hydrogens is 458 g/mol. The SMILES string of the molecule is O=CC(CC(=O)O)NC(=O)C(CCCCNC(=O)c1ccc2cccc(O)c2n1)c1cccs1. The summed E-state index contributed by atoms with van der Waals surface area (Å²) in [5.74, 6) is -2.44. The third-order valence-corrected chi connectivity index (χ3v) is 6.21. The number of para-hydroxylation sites is 1. The number of hydrogen-bond donors (Lipinski definition) is 4. The number of hydrogen-bond acceptors (Lipinski definition) is 7. The van der Waals surface area contributed by atoms with Crippen LogP contribution in [0.15, 0.2) is 47.8 Å². The lowest BCUT2D eigenvalue weighted by Gasteiger charge is -2.18. The first-order valence-electron chi connectivity index (χ1n) is 10.8. The normalized spacial score (nSPS) is 12.6. The Bertz CT molecular complexity index is 1160. The molecule has 3 rings (SSSR count). The molecule has 2 amide bonds. The van der Waals surface area contributed by atoms with E-state index in [0.717, 1.165) is 10.3 Å². The summed E-state index contributed by atoms with van der Waals surface area (Å²) in [6, 6.07) is 10.9. The molecule has 0 saturated carbocycles. The minimum atomic E-state index is -1.17. The van der Waals surface area contributed by atoms with Crippen LogP contribution < -0.4 is 10.6 Å². The van der Waals surface area contributed by atoms with Crippen LogP contribution in [-0.2, 0) is 14.4 Å². The maximum atomic E-state index is 12.7. The van der Waals surface area contributed by atoms with Crippen molar-refractivity contribution in [2.45, 2.75) is 37.6 Å². The number of nitrogens with zero attached hydrogens (tertiary/aromatic N) is 1. The van der Waals surface area contributed by atoms with Crippen LogP contribution in [0.25, 0.3) is 10.9 Å². The fourth-order valence-corrected chi connectivity index (χ4v) is 4.38. The highest BCUT2D eigenvalue weighted by molar-refractivity contribution is 7.10. The number of carbonyl (C=O) groups excluding carboxylic acids is 3. The summed E-state index contributed by atoms with van der Waals surface area (Å²) in [5.41, 5.74) is 0.555. The fourth-order valence-electron chi connectivity index (χ4n) is 3.52. The Kier molecular flexibility index (Phi) is 8.69. The summed E-state index contributed by atoms with van der Waals surface area (Å²) in [4.78, 5) is 52.2. The quantitative estimate of drug-likeness (QED) is 0.229. The van der Waals surface area contributed by atoms with Gasteiger partial charge in [-0.25, -0.2) is 4.98 Å². The molecule has 9 nitrogen and oxygen atoms in total. The zero-order chi connectivity index (χ0) is 24.5. The Balaban J connectivity index is 1.52. The van der Waals surface area contributed by atoms with Gasteiger partial charge < -0.3 is 25.6 Å². The number of carbonyl (C=O) groups is 4. The number of unbranched alkanes of at least 4 members (excludes halogenated alkanes) is 1. The second kappa shape index (κ2) is 11.9. The van der Waals surface area contributed by atoms with Crippen molar-refractivity contribution in [1.29, 1.82) is 0 Å². The molecule has 0 spiro atoms. The molecular formula is C24H25N3O6S. The minimum Gasteiger partial charge on any atom is -0.506 e. The average Bonchev–Trinajstić information content (AvgIpc) is 3.35. The van der Waals surface area contributed by atoms with Gasteiger partial charge in [-0.05, 0) is 36.4 Å². The van der Waals surface area contributed by atoms with Crippen molar-refractivity contribution < 1.29 is 29.4 Å². The van der Waals surface area contributed by atoms with E-state index in [1.807, 2.05) is 17.5 Å². The number of benzene rings is 1. The number of rotatable bonds is 12. The van der Waals surface area contributed by atoms with Crippen LogP contribution in [0.1, 0.15) is 47.0 Å². The molecule has 10 heteroatoms. The molecule has 2 aromatic heterocycles. The molecule has 0 saturated heterocycles. The molecule has 3 aromatic rings. The molecule has 4 N–H and O–H groups in total. The number of aliphatic carboxylic acids is 1. The molecule has 2 heterocycles. The van der Waals surface area contributed by atoms with Gasteiger partial charge in [0, 0.05) is 16.8 Å². The van der Waals surface area contributed by atoms with Crippen LogP contribution in [0.5, 0.6) is 5.75 Å². The Morgan fingerprint density at radius 1 is 1.09 bits per heavy atom. The third kappa shape index (κ3) is 6.61. The Morgan fingerprint density at radius 2 is 1.91 bits per heavy atom. The highest BCUT2D eigenvalue weighted by atomic mass is 32.1. The van der Waals surface area contributed by atoms with E-state index in [4.69, 9.17) is 5.11 Å². The Labute approximate surface area is 199 Å². The zero-order valence-corrected chi connectivity index (χ0v) is 19.1. The summed E-state index contributed by atoms with van der Waals surface area (Å²) >= 11 is 1.41. The fraction of sp³-hybridized carbons (Fsp3) is 0.292.